The van der Waals surface area contributed by atoms with Crippen molar-refractivity contribution in [1.29, 1.82) is 0 Å². The van der Waals surface area contributed by atoms with Crippen molar-refractivity contribution in [2.24, 2.45) is 5.92 Å². The van der Waals surface area contributed by atoms with Gasteiger partial charge in [0.2, 0.25) is 5.91 Å². The first-order chi connectivity index (χ1) is 14.1. The summed E-state index contributed by atoms with van der Waals surface area (Å²) in [6.45, 7) is 3.67. The second kappa shape index (κ2) is 9.92. The number of carbonyl (C=O) groups excluding carboxylic acids is 2. The Balaban J connectivity index is 1.56. The summed E-state index contributed by atoms with van der Waals surface area (Å²) in [5, 5.41) is 0. The van der Waals surface area contributed by atoms with E-state index in [9.17, 15) is 9.59 Å². The van der Waals surface area contributed by atoms with Crippen LogP contribution in [0.2, 0.25) is 0 Å². The number of likely N-dealkylation sites (tertiary alicyclic amines) is 1. The van der Waals surface area contributed by atoms with Crippen LogP contribution in [0.1, 0.15) is 35.7 Å². The second-order valence-corrected chi connectivity index (χ2v) is 7.01. The fraction of sp³-hybridized carbons (Fsp3) is 0.333. The molecule has 1 aliphatic rings. The summed E-state index contributed by atoms with van der Waals surface area (Å²) in [4.78, 5) is 26.9. The topological polar surface area (TPSA) is 55.8 Å². The van der Waals surface area contributed by atoms with Crippen LogP contribution in [0, 0.1) is 5.92 Å². The van der Waals surface area contributed by atoms with Gasteiger partial charge >= 0.3 is 0 Å². The van der Waals surface area contributed by atoms with Crippen molar-refractivity contribution in [3.63, 3.8) is 0 Å². The molecule has 0 bridgehead atoms. The Bertz CT molecular complexity index is 868. The molecule has 5 heteroatoms. The van der Waals surface area contributed by atoms with E-state index in [4.69, 9.17) is 9.47 Å². The van der Waals surface area contributed by atoms with Crippen molar-refractivity contribution in [1.82, 2.24) is 4.90 Å². The van der Waals surface area contributed by atoms with Crippen LogP contribution in [0.4, 0.5) is 0 Å². The molecule has 1 heterocycles. The van der Waals surface area contributed by atoms with Gasteiger partial charge in [0.05, 0.1) is 13.7 Å². The molecule has 0 spiro atoms. The molecule has 0 unspecified atom stereocenters. The van der Waals surface area contributed by atoms with Crippen LogP contribution >= 0.6 is 0 Å². The van der Waals surface area contributed by atoms with Gasteiger partial charge in [-0.15, -0.1) is 0 Å². The molecule has 2 aromatic rings. The number of nitrogens with zero attached hydrogens (tertiary/aromatic N) is 1. The van der Waals surface area contributed by atoms with Crippen molar-refractivity contribution in [3.05, 3.63) is 65.7 Å². The summed E-state index contributed by atoms with van der Waals surface area (Å²) < 4.78 is 10.9. The fourth-order valence-corrected chi connectivity index (χ4v) is 3.54. The monoisotopic (exact) mass is 393 g/mol. The first-order valence-electron chi connectivity index (χ1n) is 9.99. The molecule has 3 rings (SSSR count). The van der Waals surface area contributed by atoms with Crippen LogP contribution in [0.5, 0.6) is 11.5 Å². The van der Waals surface area contributed by atoms with Crippen LogP contribution in [-0.2, 0) is 4.79 Å². The van der Waals surface area contributed by atoms with E-state index in [1.54, 1.807) is 24.2 Å². The zero-order chi connectivity index (χ0) is 20.6. The molecule has 1 fully saturated rings. The third-order valence-electron chi connectivity index (χ3n) is 5.14. The van der Waals surface area contributed by atoms with Gasteiger partial charge < -0.3 is 14.4 Å². The van der Waals surface area contributed by atoms with E-state index in [0.717, 1.165) is 11.1 Å². The van der Waals surface area contributed by atoms with Gasteiger partial charge in [0.15, 0.2) is 17.3 Å². The number of ether oxygens (including phenoxy) is 2. The van der Waals surface area contributed by atoms with E-state index in [2.05, 4.69) is 0 Å². The number of piperidine rings is 1. The molecule has 0 radical (unpaired) electrons. The van der Waals surface area contributed by atoms with Crippen molar-refractivity contribution < 1.29 is 19.1 Å². The molecule has 152 valence electrons. The number of benzene rings is 2. The lowest BCUT2D eigenvalue weighted by Gasteiger charge is -2.30. The van der Waals surface area contributed by atoms with E-state index in [0.29, 0.717) is 44.0 Å². The highest BCUT2D eigenvalue weighted by molar-refractivity contribution is 5.98. The molecule has 29 heavy (non-hydrogen) atoms. The maximum Gasteiger partial charge on any atom is 0.246 e. The Hall–Kier alpha value is -3.08. The van der Waals surface area contributed by atoms with Crippen molar-refractivity contribution >= 4 is 17.8 Å². The van der Waals surface area contributed by atoms with Crippen molar-refractivity contribution in [2.45, 2.75) is 19.8 Å². The Morgan fingerprint density at radius 3 is 2.45 bits per heavy atom. The second-order valence-electron chi connectivity index (χ2n) is 7.01. The number of Topliss-reactive ketones (excluding diaryl/α,β-unsaturated/α-hetero) is 1. The largest absolute Gasteiger partial charge is 0.493 e. The normalized spacial score (nSPS) is 14.8. The summed E-state index contributed by atoms with van der Waals surface area (Å²) in [5.41, 5.74) is 1.62. The van der Waals surface area contributed by atoms with E-state index < -0.39 is 0 Å². The minimum Gasteiger partial charge on any atom is -0.493 e. The number of carbonyl (C=O) groups is 2. The molecule has 5 nitrogen and oxygen atoms in total. The maximum atomic E-state index is 12.6. The van der Waals surface area contributed by atoms with Crippen molar-refractivity contribution in [2.75, 3.05) is 26.8 Å². The highest BCUT2D eigenvalue weighted by Gasteiger charge is 2.27. The summed E-state index contributed by atoms with van der Waals surface area (Å²) in [7, 11) is 1.59. The number of methoxy groups -OCH3 is 1. The number of rotatable bonds is 7. The third-order valence-corrected chi connectivity index (χ3v) is 5.14. The molecule has 0 atom stereocenters. The van der Waals surface area contributed by atoms with Gasteiger partial charge in [0, 0.05) is 30.6 Å². The average Bonchev–Trinajstić information content (AvgIpc) is 2.78. The summed E-state index contributed by atoms with van der Waals surface area (Å²) in [6.07, 6.45) is 4.75. The van der Waals surface area contributed by atoms with Crippen LogP contribution in [0.15, 0.2) is 54.6 Å². The molecule has 0 N–H and O–H groups in total. The van der Waals surface area contributed by atoms with Crippen LogP contribution < -0.4 is 9.47 Å². The standard InChI is InChI=1S/C24H27NO4/c1-3-29-21-11-9-18(17-22(21)28-2)10-12-23(26)25-15-13-20(14-16-25)24(27)19-7-5-4-6-8-19/h4-12,17,20H,3,13-16H2,1-2H3. The summed E-state index contributed by atoms with van der Waals surface area (Å²) in [6, 6.07) is 15.0. The SMILES string of the molecule is CCOc1ccc(C=CC(=O)N2CCC(C(=O)c3ccccc3)CC2)cc1OC. The lowest BCUT2D eigenvalue weighted by Crippen LogP contribution is -2.39. The Morgan fingerprint density at radius 1 is 1.07 bits per heavy atom. The van der Waals surface area contributed by atoms with Gasteiger partial charge in [-0.05, 0) is 43.5 Å². The zero-order valence-corrected chi connectivity index (χ0v) is 17.0. The lowest BCUT2D eigenvalue weighted by molar-refractivity contribution is -0.127. The van der Waals surface area contributed by atoms with E-state index in [-0.39, 0.29) is 17.6 Å². The fourth-order valence-electron chi connectivity index (χ4n) is 3.54. The number of amides is 1. The van der Waals surface area contributed by atoms with E-state index in [1.807, 2.05) is 55.5 Å². The maximum absolute atomic E-state index is 12.6. The molecule has 2 aromatic carbocycles. The lowest BCUT2D eigenvalue weighted by atomic mass is 9.89. The molecule has 1 aliphatic heterocycles. The highest BCUT2D eigenvalue weighted by atomic mass is 16.5. The predicted octanol–water partition coefficient (Wildman–Crippen LogP) is 4.23. The molecule has 0 aromatic heterocycles. The Kier molecular flexibility index (Phi) is 7.06. The first kappa shape index (κ1) is 20.6. The molecular formula is C24H27NO4. The van der Waals surface area contributed by atoms with Crippen molar-refractivity contribution in [3.8, 4) is 11.5 Å². The summed E-state index contributed by atoms with van der Waals surface area (Å²) in [5.74, 6) is 1.45. The quantitative estimate of drug-likeness (QED) is 0.522. The molecule has 1 amide bonds. The molecule has 0 saturated carbocycles. The first-order valence-corrected chi connectivity index (χ1v) is 9.99. The minimum atomic E-state index is -0.0385. The van der Waals surface area contributed by atoms with E-state index >= 15 is 0 Å². The number of hydrogen-bond acceptors (Lipinski definition) is 4. The Labute approximate surface area is 171 Å². The van der Waals surface area contributed by atoms with Crippen LogP contribution in [-0.4, -0.2) is 43.4 Å². The average molecular weight is 393 g/mol. The van der Waals surface area contributed by atoms with Gasteiger partial charge in [0.1, 0.15) is 0 Å². The predicted molar refractivity (Wildman–Crippen MR) is 113 cm³/mol. The van der Waals surface area contributed by atoms with E-state index in [1.165, 1.54) is 0 Å². The molecule has 0 aliphatic carbocycles. The summed E-state index contributed by atoms with van der Waals surface area (Å²) >= 11 is 0. The molecular weight excluding hydrogens is 366 g/mol. The van der Waals surface area contributed by atoms with Gasteiger partial charge in [0.25, 0.3) is 0 Å². The van der Waals surface area contributed by atoms with Gasteiger partial charge in [-0.1, -0.05) is 36.4 Å². The Morgan fingerprint density at radius 2 is 1.79 bits per heavy atom. The smallest absolute Gasteiger partial charge is 0.246 e. The third kappa shape index (κ3) is 5.25. The van der Waals surface area contributed by atoms with Crippen LogP contribution in [0.3, 0.4) is 0 Å². The van der Waals surface area contributed by atoms with Crippen LogP contribution in [0.25, 0.3) is 6.08 Å². The number of hydrogen-bond donors (Lipinski definition) is 0. The van der Waals surface area contributed by atoms with Gasteiger partial charge in [-0.2, -0.15) is 0 Å². The minimum absolute atomic E-state index is 0.0131. The zero-order valence-electron chi connectivity index (χ0n) is 17.0. The van der Waals surface area contributed by atoms with Gasteiger partial charge in [-0.25, -0.2) is 0 Å². The highest BCUT2D eigenvalue weighted by Crippen LogP contribution is 2.28. The molecule has 1 saturated heterocycles. The van der Waals surface area contributed by atoms with Gasteiger partial charge in [-0.3, -0.25) is 9.59 Å². The number of ketones is 1.